The predicted octanol–water partition coefficient (Wildman–Crippen LogP) is 4.00. The molecule has 1 rings (SSSR count). The molecule has 0 aromatic carbocycles. The van der Waals surface area contributed by atoms with E-state index in [1.54, 1.807) is 0 Å². The maximum Gasteiger partial charge on any atom is 0.225 e. The van der Waals surface area contributed by atoms with Crippen LogP contribution < -0.4 is 0 Å². The summed E-state index contributed by atoms with van der Waals surface area (Å²) in [5.41, 5.74) is 0. The van der Waals surface area contributed by atoms with Crippen molar-refractivity contribution >= 4 is 5.91 Å². The Kier molecular flexibility index (Phi) is 7.30. The number of hydrogen-bond donors (Lipinski definition) is 0. The number of carbonyl (C=O) groups is 1. The molecule has 1 atom stereocenters. The lowest BCUT2D eigenvalue weighted by Crippen LogP contribution is -2.31. The van der Waals surface area contributed by atoms with Crippen molar-refractivity contribution in [3.05, 3.63) is 0 Å². The molecular formula is C15H29NO. The minimum atomic E-state index is 0.327. The Hall–Kier alpha value is -0.530. The smallest absolute Gasteiger partial charge is 0.225 e. The van der Waals surface area contributed by atoms with E-state index < -0.39 is 0 Å². The Morgan fingerprint density at radius 1 is 1.12 bits per heavy atom. The van der Waals surface area contributed by atoms with Gasteiger partial charge in [-0.3, -0.25) is 4.79 Å². The molecule has 1 fully saturated rings. The second kappa shape index (κ2) is 8.54. The van der Waals surface area contributed by atoms with Crippen LogP contribution in [0.4, 0.5) is 0 Å². The van der Waals surface area contributed by atoms with E-state index in [2.05, 4.69) is 6.92 Å². The third-order valence-electron chi connectivity index (χ3n) is 3.93. The van der Waals surface area contributed by atoms with Crippen molar-refractivity contribution in [1.29, 1.82) is 0 Å². The van der Waals surface area contributed by atoms with E-state index in [1.165, 1.54) is 51.4 Å². The van der Waals surface area contributed by atoms with Crippen LogP contribution in [0.2, 0.25) is 0 Å². The van der Waals surface area contributed by atoms with Crippen LogP contribution in [0.1, 0.15) is 71.1 Å². The van der Waals surface area contributed by atoms with Crippen LogP contribution in [0.3, 0.4) is 0 Å². The summed E-state index contributed by atoms with van der Waals surface area (Å²) in [6.07, 6.45) is 12.6. The summed E-state index contributed by atoms with van der Waals surface area (Å²) in [7, 11) is 1.96. The summed E-state index contributed by atoms with van der Waals surface area (Å²) >= 11 is 0. The van der Waals surface area contributed by atoms with Crippen molar-refractivity contribution < 1.29 is 4.79 Å². The monoisotopic (exact) mass is 239 g/mol. The molecule has 17 heavy (non-hydrogen) atoms. The highest BCUT2D eigenvalue weighted by Crippen LogP contribution is 2.22. The molecule has 0 saturated carbocycles. The van der Waals surface area contributed by atoms with Gasteiger partial charge in [0.1, 0.15) is 0 Å². The Labute approximate surface area is 107 Å². The van der Waals surface area contributed by atoms with Crippen LogP contribution >= 0.6 is 0 Å². The van der Waals surface area contributed by atoms with Crippen LogP contribution in [0, 0.1) is 5.92 Å². The molecule has 100 valence electrons. The van der Waals surface area contributed by atoms with Crippen molar-refractivity contribution in [1.82, 2.24) is 4.90 Å². The maximum atomic E-state index is 12.0. The molecule has 0 aliphatic carbocycles. The number of amides is 1. The summed E-state index contributed by atoms with van der Waals surface area (Å²) in [5.74, 6) is 0.727. The molecule has 0 aromatic rings. The summed E-state index contributed by atoms with van der Waals surface area (Å²) in [4.78, 5) is 14.0. The van der Waals surface area contributed by atoms with Gasteiger partial charge in [-0.2, -0.15) is 0 Å². The van der Waals surface area contributed by atoms with Gasteiger partial charge >= 0.3 is 0 Å². The largest absolute Gasteiger partial charge is 0.346 e. The predicted molar refractivity (Wildman–Crippen MR) is 73.0 cm³/mol. The van der Waals surface area contributed by atoms with Gasteiger partial charge in [-0.1, -0.05) is 51.9 Å². The lowest BCUT2D eigenvalue weighted by Gasteiger charge is -2.19. The van der Waals surface area contributed by atoms with Crippen LogP contribution in [-0.4, -0.2) is 24.4 Å². The number of hydrogen-bond acceptors (Lipinski definition) is 1. The fraction of sp³-hybridized carbons (Fsp3) is 0.933. The van der Waals surface area contributed by atoms with E-state index in [4.69, 9.17) is 0 Å². The first-order valence-corrected chi connectivity index (χ1v) is 7.50. The van der Waals surface area contributed by atoms with Crippen molar-refractivity contribution in [2.75, 3.05) is 13.6 Å². The van der Waals surface area contributed by atoms with Gasteiger partial charge in [0.2, 0.25) is 5.91 Å². The van der Waals surface area contributed by atoms with Gasteiger partial charge in [-0.25, -0.2) is 0 Å². The SMILES string of the molecule is CCCCCCCCC1CCCCN(C)C1=O. The fourth-order valence-electron chi connectivity index (χ4n) is 2.72. The van der Waals surface area contributed by atoms with Crippen LogP contribution in [0.25, 0.3) is 0 Å². The van der Waals surface area contributed by atoms with Gasteiger partial charge in [0.05, 0.1) is 0 Å². The highest BCUT2D eigenvalue weighted by Gasteiger charge is 2.23. The van der Waals surface area contributed by atoms with Crippen molar-refractivity contribution in [2.45, 2.75) is 71.1 Å². The molecule has 0 aromatic heterocycles. The topological polar surface area (TPSA) is 20.3 Å². The average Bonchev–Trinajstić information content (AvgIpc) is 2.48. The molecule has 2 heteroatoms. The van der Waals surface area contributed by atoms with Gasteiger partial charge in [-0.15, -0.1) is 0 Å². The molecule has 0 spiro atoms. The van der Waals surface area contributed by atoms with E-state index >= 15 is 0 Å². The van der Waals surface area contributed by atoms with Gasteiger partial charge in [0, 0.05) is 19.5 Å². The zero-order valence-electron chi connectivity index (χ0n) is 11.7. The second-order valence-corrected chi connectivity index (χ2v) is 5.51. The van der Waals surface area contributed by atoms with Gasteiger partial charge in [0.25, 0.3) is 0 Å². The van der Waals surface area contributed by atoms with Crippen LogP contribution in [0.5, 0.6) is 0 Å². The molecular weight excluding hydrogens is 210 g/mol. The zero-order chi connectivity index (χ0) is 12.5. The number of nitrogens with zero attached hydrogens (tertiary/aromatic N) is 1. The Morgan fingerprint density at radius 2 is 1.82 bits per heavy atom. The van der Waals surface area contributed by atoms with E-state index in [0.29, 0.717) is 11.8 Å². The summed E-state index contributed by atoms with van der Waals surface area (Å²) in [5, 5.41) is 0. The van der Waals surface area contributed by atoms with E-state index in [-0.39, 0.29) is 0 Å². The third-order valence-corrected chi connectivity index (χ3v) is 3.93. The minimum Gasteiger partial charge on any atom is -0.346 e. The highest BCUT2D eigenvalue weighted by molar-refractivity contribution is 5.78. The van der Waals surface area contributed by atoms with Gasteiger partial charge in [0.15, 0.2) is 0 Å². The molecule has 1 aliphatic heterocycles. The molecule has 1 aliphatic rings. The van der Waals surface area contributed by atoms with E-state index in [1.807, 2.05) is 11.9 Å². The molecule has 1 heterocycles. The molecule has 1 saturated heterocycles. The average molecular weight is 239 g/mol. The Balaban J connectivity index is 2.14. The first-order valence-electron chi connectivity index (χ1n) is 7.50. The third kappa shape index (κ3) is 5.56. The second-order valence-electron chi connectivity index (χ2n) is 5.51. The van der Waals surface area contributed by atoms with Crippen molar-refractivity contribution in [3.8, 4) is 0 Å². The first kappa shape index (κ1) is 14.5. The minimum absolute atomic E-state index is 0.327. The van der Waals surface area contributed by atoms with E-state index in [9.17, 15) is 4.79 Å². The molecule has 1 unspecified atom stereocenters. The first-order chi connectivity index (χ1) is 8.25. The molecule has 0 radical (unpaired) electrons. The van der Waals surface area contributed by atoms with Crippen LogP contribution in [-0.2, 0) is 4.79 Å². The summed E-state index contributed by atoms with van der Waals surface area (Å²) in [6, 6.07) is 0. The lowest BCUT2D eigenvalue weighted by atomic mass is 9.95. The Bertz CT molecular complexity index is 215. The van der Waals surface area contributed by atoms with Crippen molar-refractivity contribution in [3.63, 3.8) is 0 Å². The quantitative estimate of drug-likeness (QED) is 0.615. The maximum absolute atomic E-state index is 12.0. The molecule has 0 bridgehead atoms. The highest BCUT2D eigenvalue weighted by atomic mass is 16.2. The standard InChI is InChI=1S/C15H29NO/c1-3-4-5-6-7-8-11-14-12-9-10-13-16(2)15(14)17/h14H,3-13H2,1-2H3. The van der Waals surface area contributed by atoms with Crippen molar-refractivity contribution in [2.24, 2.45) is 5.92 Å². The zero-order valence-corrected chi connectivity index (χ0v) is 11.7. The number of rotatable bonds is 7. The summed E-state index contributed by atoms with van der Waals surface area (Å²) < 4.78 is 0. The van der Waals surface area contributed by atoms with E-state index in [0.717, 1.165) is 19.4 Å². The fourth-order valence-corrected chi connectivity index (χ4v) is 2.72. The number of likely N-dealkylation sites (tertiary alicyclic amines) is 1. The number of carbonyl (C=O) groups excluding carboxylic acids is 1. The summed E-state index contributed by atoms with van der Waals surface area (Å²) in [6.45, 7) is 3.21. The number of unbranched alkanes of at least 4 members (excludes halogenated alkanes) is 5. The molecule has 2 nitrogen and oxygen atoms in total. The van der Waals surface area contributed by atoms with Gasteiger partial charge in [-0.05, 0) is 19.3 Å². The normalized spacial score (nSPS) is 21.6. The lowest BCUT2D eigenvalue weighted by molar-refractivity contribution is -0.133. The van der Waals surface area contributed by atoms with Gasteiger partial charge < -0.3 is 4.90 Å². The van der Waals surface area contributed by atoms with Crippen LogP contribution in [0.15, 0.2) is 0 Å². The molecule has 1 amide bonds. The molecule has 0 N–H and O–H groups in total. The Morgan fingerprint density at radius 3 is 2.59 bits per heavy atom.